The van der Waals surface area contributed by atoms with Crippen molar-refractivity contribution in [1.29, 1.82) is 0 Å². The molecule has 0 aromatic heterocycles. The third-order valence-electron chi connectivity index (χ3n) is 8.60. The van der Waals surface area contributed by atoms with E-state index in [-0.39, 0.29) is 98.4 Å². The fraction of sp³-hybridized carbons (Fsp3) is 0. The number of nitrogens with two attached hydrogens (primary N) is 4. The molecule has 23 heteroatoms. The van der Waals surface area contributed by atoms with Crippen molar-refractivity contribution >= 4 is 111 Å². The van der Waals surface area contributed by atoms with E-state index in [1.54, 1.807) is 42.5 Å². The van der Waals surface area contributed by atoms with Crippen LogP contribution in [0.1, 0.15) is 15.9 Å². The zero-order chi connectivity index (χ0) is 42.1. The number of azo groups is 3. The van der Waals surface area contributed by atoms with Crippen molar-refractivity contribution in [2.45, 2.75) is 4.90 Å². The Morgan fingerprint density at radius 3 is 1.64 bits per heavy atom. The number of nitrogen functional groups attached to an aromatic ring is 4. The van der Waals surface area contributed by atoms with E-state index in [4.69, 9.17) is 22.9 Å². The van der Waals surface area contributed by atoms with E-state index in [0.29, 0.717) is 45.2 Å². The van der Waals surface area contributed by atoms with Crippen LogP contribution >= 0.6 is 0 Å². The molecule has 0 saturated carbocycles. The third-order valence-corrected chi connectivity index (χ3v) is 10.3. The summed E-state index contributed by atoms with van der Waals surface area (Å²) in [6, 6.07) is 26.4. The summed E-state index contributed by atoms with van der Waals surface area (Å²) in [7, 11) is -10.0. The number of rotatable bonds is 10. The van der Waals surface area contributed by atoms with E-state index in [9.17, 15) is 30.7 Å². The van der Waals surface area contributed by atoms with Crippen LogP contribution in [0.2, 0.25) is 0 Å². The summed E-state index contributed by atoms with van der Waals surface area (Å²) in [6.45, 7) is 0. The molecular formula is C38H28N12Na2O7S2. The quantitative estimate of drug-likeness (QED) is 0.0433. The molecule has 0 unspecified atom stereocenters. The molecule has 296 valence electrons. The molecule has 0 atom stereocenters. The van der Waals surface area contributed by atoms with Gasteiger partial charge in [0.25, 0.3) is 0 Å². The van der Waals surface area contributed by atoms with Gasteiger partial charge in [0.2, 0.25) is 5.78 Å². The Labute approximate surface area is 391 Å². The summed E-state index contributed by atoms with van der Waals surface area (Å²) >= 11 is 0. The first-order valence-corrected chi connectivity index (χ1v) is 19.7. The number of allylic oxidation sites excluding steroid dienone is 1. The maximum atomic E-state index is 13.7. The van der Waals surface area contributed by atoms with Crippen molar-refractivity contribution in [3.8, 4) is 0 Å². The number of carbonyl (C=O) groups is 1. The van der Waals surface area contributed by atoms with Crippen molar-refractivity contribution in [2.24, 2.45) is 35.8 Å². The van der Waals surface area contributed by atoms with Crippen LogP contribution in [0.25, 0.3) is 16.8 Å². The Hall–Kier alpha value is -5.72. The Morgan fingerprint density at radius 2 is 1.05 bits per heavy atom. The number of hydrazone groups is 1. The number of hydrogen-bond acceptors (Lipinski definition) is 19. The number of ketones is 1. The van der Waals surface area contributed by atoms with Gasteiger partial charge in [0.1, 0.15) is 37.3 Å². The number of nitrogens with zero attached hydrogens (tertiary/aromatic N) is 7. The van der Waals surface area contributed by atoms with Crippen LogP contribution in [-0.4, -0.2) is 37.4 Å². The van der Waals surface area contributed by atoms with Crippen molar-refractivity contribution in [3.05, 3.63) is 125 Å². The van der Waals surface area contributed by atoms with Crippen LogP contribution < -0.4 is 87.5 Å². The second kappa shape index (κ2) is 18.9. The Kier molecular flexibility index (Phi) is 14.4. The molecule has 9 N–H and O–H groups in total. The monoisotopic (exact) mass is 874 g/mol. The summed E-state index contributed by atoms with van der Waals surface area (Å²) in [5.41, 5.74) is 28.9. The predicted octanol–water partition coefficient (Wildman–Crippen LogP) is 1.88. The average Bonchev–Trinajstić information content (AvgIpc) is 3.18. The summed E-state index contributed by atoms with van der Waals surface area (Å²) in [6.07, 6.45) is 1.04. The Morgan fingerprint density at radius 1 is 0.525 bits per heavy atom. The summed E-state index contributed by atoms with van der Waals surface area (Å²) < 4.78 is 72.5. The maximum Gasteiger partial charge on any atom is 1.00 e. The second-order valence-corrected chi connectivity index (χ2v) is 15.4. The number of benzene rings is 6. The molecule has 0 amide bonds. The molecule has 1 aliphatic rings. The van der Waals surface area contributed by atoms with Crippen molar-refractivity contribution in [2.75, 3.05) is 28.4 Å². The minimum atomic E-state index is -5.17. The molecule has 0 saturated heterocycles. The van der Waals surface area contributed by atoms with Crippen molar-refractivity contribution in [3.63, 3.8) is 0 Å². The van der Waals surface area contributed by atoms with Gasteiger partial charge in [0.05, 0.1) is 49.6 Å². The van der Waals surface area contributed by atoms with E-state index < -0.39 is 41.5 Å². The minimum Gasteiger partial charge on any atom is -0.744 e. The first-order chi connectivity index (χ1) is 28.0. The van der Waals surface area contributed by atoms with Crippen molar-refractivity contribution in [1.82, 2.24) is 0 Å². The fourth-order valence-corrected chi connectivity index (χ4v) is 6.83. The van der Waals surface area contributed by atoms with E-state index in [2.05, 4.69) is 41.2 Å². The molecule has 0 fully saturated rings. The molecule has 1 aliphatic carbocycles. The molecule has 6 aromatic carbocycles. The normalized spacial score (nSPS) is 13.6. The van der Waals surface area contributed by atoms with Gasteiger partial charge >= 0.3 is 59.1 Å². The molecule has 0 spiro atoms. The van der Waals surface area contributed by atoms with Crippen LogP contribution in [0.3, 0.4) is 0 Å². The molecule has 0 heterocycles. The van der Waals surface area contributed by atoms with E-state index >= 15 is 0 Å². The number of hydrogen-bond donors (Lipinski definition) is 5. The fourth-order valence-electron chi connectivity index (χ4n) is 5.68. The van der Waals surface area contributed by atoms with Gasteiger partial charge in [-0.3, -0.25) is 10.2 Å². The zero-order valence-corrected chi connectivity index (χ0v) is 37.7. The Balaban J connectivity index is 0.00000352. The van der Waals surface area contributed by atoms with Gasteiger partial charge < -0.3 is 32.0 Å². The average molecular weight is 875 g/mol. The summed E-state index contributed by atoms with van der Waals surface area (Å²) in [5, 5.41) is 29.7. The van der Waals surface area contributed by atoms with Gasteiger partial charge in [0.15, 0.2) is 0 Å². The first kappa shape index (κ1) is 46.3. The summed E-state index contributed by atoms with van der Waals surface area (Å²) in [5.74, 6) is -0.888. The molecule has 61 heavy (non-hydrogen) atoms. The van der Waals surface area contributed by atoms with Gasteiger partial charge in [0, 0.05) is 27.7 Å². The van der Waals surface area contributed by atoms with Crippen LogP contribution in [0.5, 0.6) is 0 Å². The van der Waals surface area contributed by atoms with Crippen molar-refractivity contribution < 1.29 is 89.9 Å². The van der Waals surface area contributed by atoms with E-state index in [1.807, 2.05) is 0 Å². The number of anilines is 5. The van der Waals surface area contributed by atoms with E-state index in [1.165, 1.54) is 54.6 Å². The maximum absolute atomic E-state index is 13.7. The number of nitrogens with one attached hydrogen (secondary N) is 1. The number of Topliss-reactive ketones (excluding diaryl/α,β-unsaturated/α-hetero) is 1. The van der Waals surface area contributed by atoms with Crippen LogP contribution in [0.15, 0.2) is 155 Å². The molecule has 0 bridgehead atoms. The molecule has 0 radical (unpaired) electrons. The third kappa shape index (κ3) is 10.8. The smallest absolute Gasteiger partial charge is 0.744 e. The number of carbonyl (C=O) groups excluding carboxylic acids is 1. The van der Waals surface area contributed by atoms with Crippen LogP contribution in [0, 0.1) is 0 Å². The predicted molar refractivity (Wildman–Crippen MR) is 221 cm³/mol. The summed E-state index contributed by atoms with van der Waals surface area (Å²) in [4.78, 5) is 12.4. The second-order valence-electron chi connectivity index (χ2n) is 12.7. The van der Waals surface area contributed by atoms with Crippen LogP contribution in [0.4, 0.5) is 62.6 Å². The molecule has 19 nitrogen and oxygen atoms in total. The number of fused-ring (bicyclic) bond motifs is 2. The zero-order valence-electron chi connectivity index (χ0n) is 32.1. The molecule has 7 rings (SSSR count). The minimum absolute atomic E-state index is 0. The Bertz CT molecular complexity index is 3110. The van der Waals surface area contributed by atoms with Crippen LogP contribution in [-0.2, 0) is 20.2 Å². The van der Waals surface area contributed by atoms with Gasteiger partial charge in [-0.15, -0.1) is 20.5 Å². The largest absolute Gasteiger partial charge is 1.00 e. The van der Waals surface area contributed by atoms with Gasteiger partial charge in [-0.1, -0.05) is 12.1 Å². The van der Waals surface area contributed by atoms with Gasteiger partial charge in [-0.2, -0.15) is 15.3 Å². The molecule has 0 aliphatic heterocycles. The van der Waals surface area contributed by atoms with E-state index in [0.717, 1.165) is 18.2 Å². The first-order valence-electron chi connectivity index (χ1n) is 16.9. The SMILES string of the molecule is Nc1ccc(N=Nc2ccc(N/N=C3/C(=O)c4cc(N=Nc5ccc(N=Nc6ccc(N)cc6N)c6cc(S(=O)(=O)[O-])ccc56)ccc4C=C3S(=O)(=O)[O-])cc2)c(N)c1.[Na+].[Na+]. The van der Waals surface area contributed by atoms with Gasteiger partial charge in [-0.25, -0.2) is 16.8 Å². The van der Waals surface area contributed by atoms with Gasteiger partial charge in [-0.05, 0) is 109 Å². The standard InChI is InChI=1S/C38H30N12O7S2.2Na/c39-21-2-11-34(30(41)16-21)48-43-23-5-7-24(8-6-23)44-50-37-36(59(55,56)57)15-20-1-4-25(18-28(20)38(37)51)45-46-32-13-14-33(47-49-35-12-3-22(40)17-31(35)42)29-19-26(58(52,53)54)9-10-27(29)32;;/h1-19,44H,39-42H2,(H,52,53,54)(H,55,56,57);;/q;2*+1/p-2/b46-45?,48-43?,49-47?,50-37+;;. The molecule has 6 aromatic rings. The molecular weight excluding hydrogens is 847 g/mol. The topological polar surface area (TPSA) is 334 Å².